The normalized spacial score (nSPS) is 12.0. The fourth-order valence-electron chi connectivity index (χ4n) is 5.71. The van der Waals surface area contributed by atoms with Crippen LogP contribution in [0.2, 0.25) is 0 Å². The lowest BCUT2D eigenvalue weighted by Crippen LogP contribution is -2.32. The number of aromatic nitrogens is 3. The number of carboxylic acids is 1. The second kappa shape index (κ2) is 19.0. The van der Waals surface area contributed by atoms with Gasteiger partial charge in [0.15, 0.2) is 11.4 Å². The molecule has 0 amide bonds. The van der Waals surface area contributed by atoms with Crippen molar-refractivity contribution in [3.05, 3.63) is 108 Å². The van der Waals surface area contributed by atoms with Crippen LogP contribution in [-0.4, -0.2) is 71.5 Å². The Balaban J connectivity index is 1.52. The second-order valence-corrected chi connectivity index (χ2v) is 15.2. The maximum absolute atomic E-state index is 13.1. The number of azo groups is 1. The van der Waals surface area contributed by atoms with Gasteiger partial charge in [-0.1, -0.05) is 60.7 Å². The number of hydrogen-bond acceptors (Lipinski definition) is 20. The van der Waals surface area contributed by atoms with Crippen LogP contribution in [0.1, 0.15) is 11.1 Å². The monoisotopic (exact) mass is 889 g/mol. The smallest absolute Gasteiger partial charge is 0.357 e. The number of carboxylic acid groups (broad SMARTS) is 1. The predicted octanol–water partition coefficient (Wildman–Crippen LogP) is 4.44. The van der Waals surface area contributed by atoms with Crippen LogP contribution in [0.15, 0.2) is 112 Å². The Morgan fingerprint density at radius 1 is 0.806 bits per heavy atom. The summed E-state index contributed by atoms with van der Waals surface area (Å²) in [5.74, 6) is 1.86. The van der Waals surface area contributed by atoms with E-state index >= 15 is 0 Å². The molecule has 0 fully saturated rings. The van der Waals surface area contributed by atoms with E-state index in [-0.39, 0.29) is 66.8 Å². The van der Waals surface area contributed by atoms with Crippen LogP contribution in [0.3, 0.4) is 0 Å². The number of fused-ring (bicyclic) bond motifs is 1. The third kappa shape index (κ3) is 11.0. The molecule has 0 bridgehead atoms. The van der Waals surface area contributed by atoms with Crippen molar-refractivity contribution in [2.75, 3.05) is 15.4 Å². The van der Waals surface area contributed by atoms with E-state index in [2.05, 4.69) is 40.1 Å². The average molecular weight is 890 g/mol. The standard InChI is InChI=1S/C37H31N9O14S2/c38-60-61(52,53)30-12-11-27(31-26(30)17-28(46-62(54,55)56)32(33(31)49)45-44-23-14-24(58-19-47)16-25(15-23)59-20-48)39-35-41-36(40-29(34(50)51)13-21-7-3-1-4-8-21)43-37(42-35)57-18-22-9-5-2-6-10-22/h1-12,14-17,19-20,29,46,49H,13,18,38H2,(H,50,51)(H,54,55,56)(H2,39,40,41,42,43). The van der Waals surface area contributed by atoms with Crippen LogP contribution >= 0.6 is 0 Å². The van der Waals surface area contributed by atoms with Crippen LogP contribution in [0.4, 0.5) is 34.6 Å². The van der Waals surface area contributed by atoms with Crippen LogP contribution < -0.4 is 35.5 Å². The first-order valence-electron chi connectivity index (χ1n) is 17.4. The molecule has 0 saturated carbocycles. The summed E-state index contributed by atoms with van der Waals surface area (Å²) in [6.45, 7) is 0.0828. The molecule has 8 N–H and O–H groups in total. The van der Waals surface area contributed by atoms with Crippen LogP contribution in [0, 0.1) is 0 Å². The van der Waals surface area contributed by atoms with Crippen LogP contribution in [0.25, 0.3) is 10.8 Å². The Morgan fingerprint density at radius 2 is 1.44 bits per heavy atom. The molecular formula is C37H31N9O14S2. The SMILES string of the molecule is NOS(=O)(=O)c1ccc(Nc2nc(NC(Cc3ccccc3)C(=O)O)nc(OCc3ccccc3)n2)c2c(O)c(N=Nc3cc(OC=O)cc(OC=O)c3)c(NS(=O)(=O)O)cc12. The molecule has 0 spiro atoms. The minimum Gasteiger partial charge on any atom is -0.505 e. The van der Waals surface area contributed by atoms with Gasteiger partial charge in [-0.3, -0.25) is 18.9 Å². The minimum absolute atomic E-state index is 0.000425. The summed E-state index contributed by atoms with van der Waals surface area (Å²) in [6, 6.07) is 22.3. The summed E-state index contributed by atoms with van der Waals surface area (Å²) in [7, 11) is -10.0. The third-order valence-electron chi connectivity index (χ3n) is 8.30. The fourth-order valence-corrected chi connectivity index (χ4v) is 6.91. The van der Waals surface area contributed by atoms with Gasteiger partial charge in [0, 0.05) is 30.0 Å². The number of rotatable bonds is 20. The van der Waals surface area contributed by atoms with Crippen molar-refractivity contribution in [1.82, 2.24) is 15.0 Å². The van der Waals surface area contributed by atoms with E-state index in [9.17, 15) is 46.0 Å². The molecule has 1 unspecified atom stereocenters. The van der Waals surface area contributed by atoms with Gasteiger partial charge in [-0.2, -0.15) is 47.1 Å². The van der Waals surface area contributed by atoms with E-state index < -0.39 is 65.2 Å². The molecule has 1 aromatic heterocycles. The van der Waals surface area contributed by atoms with E-state index in [1.54, 1.807) is 65.4 Å². The van der Waals surface area contributed by atoms with E-state index in [0.717, 1.165) is 36.4 Å². The number of nitrogens with one attached hydrogen (secondary N) is 3. The van der Waals surface area contributed by atoms with Crippen molar-refractivity contribution in [3.8, 4) is 23.3 Å². The van der Waals surface area contributed by atoms with Gasteiger partial charge in [0.25, 0.3) is 12.9 Å². The number of aliphatic carboxylic acids is 1. The highest BCUT2D eigenvalue weighted by molar-refractivity contribution is 7.87. The molecule has 25 heteroatoms. The number of carbonyl (C=O) groups is 3. The van der Waals surface area contributed by atoms with E-state index in [1.165, 1.54) is 0 Å². The first-order valence-corrected chi connectivity index (χ1v) is 20.2. The average Bonchev–Trinajstić information content (AvgIpc) is 3.23. The summed E-state index contributed by atoms with van der Waals surface area (Å²) in [5, 5.41) is 34.5. The summed E-state index contributed by atoms with van der Waals surface area (Å²) < 4.78 is 81.5. The topological polar surface area (TPSA) is 343 Å². The van der Waals surface area contributed by atoms with E-state index in [1.807, 2.05) is 0 Å². The molecule has 0 aliphatic heterocycles. The maximum atomic E-state index is 13.1. The zero-order chi connectivity index (χ0) is 44.4. The van der Waals surface area contributed by atoms with E-state index in [4.69, 9.17) is 20.1 Å². The molecule has 6 rings (SSSR count). The largest absolute Gasteiger partial charge is 0.505 e. The van der Waals surface area contributed by atoms with Gasteiger partial charge >= 0.3 is 32.4 Å². The Kier molecular flexibility index (Phi) is 13.4. The number of phenolic OH excluding ortho intramolecular Hbond substituents is 1. The second-order valence-electron chi connectivity index (χ2n) is 12.5. The molecule has 62 heavy (non-hydrogen) atoms. The number of ether oxygens (including phenoxy) is 3. The predicted molar refractivity (Wildman–Crippen MR) is 216 cm³/mol. The number of anilines is 4. The molecule has 0 radical (unpaired) electrons. The summed E-state index contributed by atoms with van der Waals surface area (Å²) in [4.78, 5) is 46.5. The first kappa shape index (κ1) is 43.7. The molecule has 0 aliphatic carbocycles. The quantitative estimate of drug-likeness (QED) is 0.0241. The maximum Gasteiger partial charge on any atom is 0.357 e. The number of benzene rings is 5. The van der Waals surface area contributed by atoms with Crippen LogP contribution in [-0.2, 0) is 52.1 Å². The molecule has 1 atom stereocenters. The molecule has 5 aromatic carbocycles. The van der Waals surface area contributed by atoms with Crippen molar-refractivity contribution >= 4 is 84.8 Å². The van der Waals surface area contributed by atoms with E-state index in [0.29, 0.717) is 11.1 Å². The first-order chi connectivity index (χ1) is 29.7. The Morgan fingerprint density at radius 3 is 2.03 bits per heavy atom. The van der Waals surface area contributed by atoms with Gasteiger partial charge in [0.05, 0.1) is 22.4 Å². The highest BCUT2D eigenvalue weighted by Crippen LogP contribution is 2.48. The molecule has 6 aromatic rings. The molecule has 0 aliphatic rings. The highest BCUT2D eigenvalue weighted by atomic mass is 32.2. The number of hydrogen-bond donors (Lipinski definition) is 7. The zero-order valence-corrected chi connectivity index (χ0v) is 33.0. The van der Waals surface area contributed by atoms with Crippen molar-refractivity contribution in [3.63, 3.8) is 0 Å². The Hall–Kier alpha value is -7.84. The van der Waals surface area contributed by atoms with Gasteiger partial charge in [-0.15, -0.1) is 5.11 Å². The van der Waals surface area contributed by atoms with Gasteiger partial charge in [0.2, 0.25) is 11.9 Å². The lowest BCUT2D eigenvalue weighted by molar-refractivity contribution is -0.138. The van der Waals surface area contributed by atoms with Gasteiger partial charge in [0.1, 0.15) is 29.0 Å². The lowest BCUT2D eigenvalue weighted by atomic mass is 10.0. The number of aromatic hydroxyl groups is 1. The molecule has 1 heterocycles. The highest BCUT2D eigenvalue weighted by Gasteiger charge is 2.27. The summed E-state index contributed by atoms with van der Waals surface area (Å²) >= 11 is 0. The van der Waals surface area contributed by atoms with Gasteiger partial charge < -0.3 is 35.1 Å². The van der Waals surface area contributed by atoms with Crippen molar-refractivity contribution in [2.24, 2.45) is 16.1 Å². The van der Waals surface area contributed by atoms with Gasteiger partial charge in [-0.25, -0.2) is 4.79 Å². The third-order valence-corrected chi connectivity index (χ3v) is 9.93. The van der Waals surface area contributed by atoms with Gasteiger partial charge in [-0.05, 0) is 29.3 Å². The van der Waals surface area contributed by atoms with Crippen molar-refractivity contribution < 1.29 is 64.5 Å². The molecule has 23 nitrogen and oxygen atoms in total. The van der Waals surface area contributed by atoms with Crippen LogP contribution in [0.5, 0.6) is 23.3 Å². The summed E-state index contributed by atoms with van der Waals surface area (Å²) in [6.07, 6.45) is -0.000425. The minimum atomic E-state index is -5.17. The lowest BCUT2D eigenvalue weighted by Gasteiger charge is -2.18. The Bertz CT molecular complexity index is 2860. The molecule has 320 valence electrons. The van der Waals surface area contributed by atoms with Crippen molar-refractivity contribution in [2.45, 2.75) is 24.0 Å². The molecular weight excluding hydrogens is 859 g/mol. The fraction of sp³-hybridized carbons (Fsp3) is 0.0811. The number of phenols is 1. The zero-order valence-electron chi connectivity index (χ0n) is 31.3. The Labute approximate surface area is 350 Å². The summed E-state index contributed by atoms with van der Waals surface area (Å²) in [5.41, 5.74) is -0.479. The van der Waals surface area contributed by atoms with Crippen molar-refractivity contribution in [1.29, 1.82) is 0 Å². The number of nitrogens with zero attached hydrogens (tertiary/aromatic N) is 5. The number of carbonyl (C=O) groups excluding carboxylic acids is 2. The number of nitrogens with two attached hydrogens (primary N) is 1. The molecule has 0 saturated heterocycles.